The molecule has 4 aromatic rings. The summed E-state index contributed by atoms with van der Waals surface area (Å²) < 4.78 is 3.55. The van der Waals surface area contributed by atoms with Crippen LogP contribution in [0.1, 0.15) is 45.0 Å². The zero-order valence-corrected chi connectivity index (χ0v) is 25.4. The van der Waals surface area contributed by atoms with Crippen molar-refractivity contribution >= 4 is 22.4 Å². The molecule has 1 aliphatic rings. The molecule has 38 heavy (non-hydrogen) atoms. The number of anilines is 1. The number of hydrogen-bond acceptors (Lipinski definition) is 1. The second kappa shape index (κ2) is 12.1. The monoisotopic (exact) mass is 575 g/mol. The van der Waals surface area contributed by atoms with Crippen molar-refractivity contribution in [2.75, 3.05) is 3.38 Å². The van der Waals surface area contributed by atoms with Crippen molar-refractivity contribution in [3.63, 3.8) is 0 Å². The number of carbonyl (C=O) groups excluding carboxylic acids is 1. The first kappa shape index (κ1) is 29.9. The molecule has 0 N–H and O–H groups in total. The van der Waals surface area contributed by atoms with Gasteiger partial charge in [-0.1, -0.05) is 0 Å². The van der Waals surface area contributed by atoms with Crippen LogP contribution in [-0.4, -0.2) is 5.91 Å². The summed E-state index contributed by atoms with van der Waals surface area (Å²) in [6.45, 7) is 11.3. The van der Waals surface area contributed by atoms with Crippen LogP contribution in [0.5, 0.6) is 0 Å². The first-order valence-corrected chi connectivity index (χ1v) is 13.9. The third-order valence-corrected chi connectivity index (χ3v) is 10.7. The van der Waals surface area contributed by atoms with E-state index in [9.17, 15) is 4.79 Å². The maximum Gasteiger partial charge on any atom is -1.00 e. The summed E-state index contributed by atoms with van der Waals surface area (Å²) in [6, 6.07) is 33.0. The van der Waals surface area contributed by atoms with E-state index in [1.54, 1.807) is 0 Å². The standard InChI is InChI=1S/C23H17NO.C10H15.2ClH.Ti/c25-23(21-15-8-12-17-11-4-5-13-19(17)21)24-22-16-7-6-14-20(22)18-9-2-1-3-10-18;1-7-6-10(4,5)9(3)8(7)2;;;/h1-16H,(H,24,25);1-5H3;2*1H;/q;;;;+3/p-3. The van der Waals surface area contributed by atoms with E-state index in [1.807, 2.05) is 36.4 Å². The second-order valence-electron chi connectivity index (χ2n) is 10.0. The van der Waals surface area contributed by atoms with E-state index in [4.69, 9.17) is 0 Å². The van der Waals surface area contributed by atoms with E-state index in [-0.39, 0.29) is 36.1 Å². The van der Waals surface area contributed by atoms with Crippen LogP contribution in [0.2, 0.25) is 0 Å². The molecule has 0 radical (unpaired) electrons. The molecule has 0 heterocycles. The minimum absolute atomic E-state index is 0. The van der Waals surface area contributed by atoms with Gasteiger partial charge in [-0.3, -0.25) is 0 Å². The van der Waals surface area contributed by atoms with Crippen molar-refractivity contribution in [2.45, 2.75) is 34.6 Å². The summed E-state index contributed by atoms with van der Waals surface area (Å²) in [7, 11) is 0. The number of amides is 1. The Morgan fingerprint density at radius 2 is 1.32 bits per heavy atom. The van der Waals surface area contributed by atoms with E-state index in [0.29, 0.717) is 0 Å². The van der Waals surface area contributed by atoms with Crippen molar-refractivity contribution in [1.29, 1.82) is 0 Å². The molecule has 5 rings (SSSR count). The zero-order valence-electron chi connectivity index (χ0n) is 22.3. The van der Waals surface area contributed by atoms with Gasteiger partial charge >= 0.3 is 224 Å². The van der Waals surface area contributed by atoms with Gasteiger partial charge in [0, 0.05) is 0 Å². The van der Waals surface area contributed by atoms with Gasteiger partial charge in [0.2, 0.25) is 0 Å². The molecule has 192 valence electrons. The van der Waals surface area contributed by atoms with Crippen LogP contribution >= 0.6 is 0 Å². The van der Waals surface area contributed by atoms with Gasteiger partial charge in [-0.15, -0.1) is 0 Å². The van der Waals surface area contributed by atoms with Gasteiger partial charge in [0.05, 0.1) is 0 Å². The Kier molecular flexibility index (Phi) is 9.50. The van der Waals surface area contributed by atoms with Gasteiger partial charge in [-0.25, -0.2) is 0 Å². The van der Waals surface area contributed by atoms with E-state index in [1.165, 1.54) is 20.6 Å². The normalized spacial score (nSPS) is 14.0. The number of rotatable bonds is 5. The predicted octanol–water partition coefficient (Wildman–Crippen LogP) is 2.81. The van der Waals surface area contributed by atoms with Crippen molar-refractivity contribution in [2.24, 2.45) is 5.41 Å². The van der Waals surface area contributed by atoms with E-state index < -0.39 is 19.4 Å². The Morgan fingerprint density at radius 3 is 2.00 bits per heavy atom. The topological polar surface area (TPSA) is 20.3 Å². The summed E-state index contributed by atoms with van der Waals surface area (Å²) in [6.07, 6.45) is 0. The first-order valence-electron chi connectivity index (χ1n) is 12.4. The fraction of sp³-hybridized carbons (Fsp3) is 0.182. The van der Waals surface area contributed by atoms with Gasteiger partial charge in [-0.2, -0.15) is 0 Å². The molecule has 1 aliphatic carbocycles. The molecule has 1 amide bonds. The second-order valence-corrected chi connectivity index (χ2v) is 11.9. The number of allylic oxidation sites excluding steroid dienone is 4. The largest absolute Gasteiger partial charge is 1.00 e. The zero-order chi connectivity index (χ0) is 25.4. The third-order valence-electron chi connectivity index (χ3n) is 7.74. The van der Waals surface area contributed by atoms with Gasteiger partial charge in [-0.05, 0) is 0 Å². The van der Waals surface area contributed by atoms with Gasteiger partial charge in [0.1, 0.15) is 0 Å². The number of benzene rings is 4. The van der Waals surface area contributed by atoms with Gasteiger partial charge in [0.25, 0.3) is 0 Å². The summed E-state index contributed by atoms with van der Waals surface area (Å²) in [5.41, 5.74) is 8.04. The fourth-order valence-electron chi connectivity index (χ4n) is 5.21. The SMILES string of the molecule is CC1=C(C)C(C)(C)[C]([Ti+2][N](C(=O)c2cccc3ccccc23)c2ccccc2-c2ccccc2)=C1C.[Cl-].[Cl-]. The molecule has 5 heteroatoms. The molecule has 0 unspecified atom stereocenters. The molecule has 4 aromatic carbocycles. The molecule has 0 saturated carbocycles. The minimum atomic E-state index is -1.00. The summed E-state index contributed by atoms with van der Waals surface area (Å²) in [5, 5.41) is 2.09. The van der Waals surface area contributed by atoms with Crippen LogP contribution in [0.4, 0.5) is 5.69 Å². The van der Waals surface area contributed by atoms with Crippen LogP contribution < -0.4 is 28.2 Å². The predicted molar refractivity (Wildman–Crippen MR) is 147 cm³/mol. The Morgan fingerprint density at radius 1 is 0.711 bits per heavy atom. The van der Waals surface area contributed by atoms with E-state index >= 15 is 0 Å². The summed E-state index contributed by atoms with van der Waals surface area (Å²) in [5.74, 6) is 0.0773. The third kappa shape index (κ3) is 5.29. The number of carbonyl (C=O) groups is 1. The number of para-hydroxylation sites is 1. The molecular weight excluding hydrogens is 545 g/mol. The van der Waals surface area contributed by atoms with E-state index in [2.05, 4.69) is 98.7 Å². The van der Waals surface area contributed by atoms with Crippen LogP contribution in [-0.2, 0) is 19.4 Å². The minimum Gasteiger partial charge on any atom is -1.00 e. The molecule has 0 aliphatic heterocycles. The van der Waals surface area contributed by atoms with Crippen molar-refractivity contribution in [1.82, 2.24) is 0 Å². The number of nitrogens with zero attached hydrogens (tertiary/aromatic N) is 1. The smallest absolute Gasteiger partial charge is 1.00 e. The molecule has 0 atom stereocenters. The quantitative estimate of drug-likeness (QED) is 0.335. The summed E-state index contributed by atoms with van der Waals surface area (Å²) in [4.78, 5) is 14.5. The van der Waals surface area contributed by atoms with Crippen molar-refractivity contribution in [3.8, 4) is 11.1 Å². The number of fused-ring (bicyclic) bond motifs is 1. The van der Waals surface area contributed by atoms with Crippen molar-refractivity contribution in [3.05, 3.63) is 123 Å². The summed E-state index contributed by atoms with van der Waals surface area (Å²) >= 11 is -1.00. The average molecular weight is 576 g/mol. The molecule has 0 saturated heterocycles. The van der Waals surface area contributed by atoms with Crippen LogP contribution in [0.3, 0.4) is 0 Å². The van der Waals surface area contributed by atoms with Crippen LogP contribution in [0.25, 0.3) is 21.9 Å². The van der Waals surface area contributed by atoms with E-state index in [0.717, 1.165) is 33.2 Å². The maximum atomic E-state index is 14.5. The molecule has 0 bridgehead atoms. The Labute approximate surface area is 247 Å². The van der Waals surface area contributed by atoms with Crippen LogP contribution in [0.15, 0.2) is 118 Å². The van der Waals surface area contributed by atoms with Gasteiger partial charge < -0.3 is 24.8 Å². The fourth-order valence-corrected chi connectivity index (χ4v) is 7.68. The molecular formula is C33H31Cl2NOTi. The molecule has 0 spiro atoms. The van der Waals surface area contributed by atoms with Crippen LogP contribution in [0, 0.1) is 5.41 Å². The molecule has 0 aromatic heterocycles. The average Bonchev–Trinajstić information content (AvgIpc) is 3.05. The Balaban J connectivity index is 0.00000200. The molecule has 2 nitrogen and oxygen atoms in total. The number of halogens is 2. The first-order chi connectivity index (χ1) is 17.3. The Hall–Kier alpha value is -2.62. The molecule has 0 fully saturated rings. The Bertz CT molecular complexity index is 1530. The van der Waals surface area contributed by atoms with Crippen molar-refractivity contribution < 1.29 is 49.0 Å². The maximum absolute atomic E-state index is 14.5. The number of hydrogen-bond donors (Lipinski definition) is 0. The van der Waals surface area contributed by atoms with Gasteiger partial charge in [0.15, 0.2) is 0 Å².